The molecule has 4 heteroatoms. The van der Waals surface area contributed by atoms with Crippen LogP contribution in [-0.4, -0.2) is 19.1 Å². The van der Waals surface area contributed by atoms with Crippen LogP contribution in [0.4, 0.5) is 0 Å². The first-order chi connectivity index (χ1) is 10.7. The highest BCUT2D eigenvalue weighted by Crippen LogP contribution is 2.40. The first kappa shape index (κ1) is 17.6. The minimum Gasteiger partial charge on any atom is -0.403 e. The summed E-state index contributed by atoms with van der Waals surface area (Å²) in [6.45, 7) is 10.9. The third-order valence-corrected chi connectivity index (χ3v) is 8.96. The van der Waals surface area contributed by atoms with Crippen LogP contribution in [-0.2, 0) is 4.43 Å². The molecule has 2 aromatic rings. The van der Waals surface area contributed by atoms with Crippen molar-refractivity contribution in [2.75, 3.05) is 0 Å². The van der Waals surface area contributed by atoms with E-state index in [4.69, 9.17) is 4.43 Å². The van der Waals surface area contributed by atoms with Crippen LogP contribution >= 0.6 is 0 Å². The molecule has 0 saturated carbocycles. The summed E-state index contributed by atoms with van der Waals surface area (Å²) in [5.41, 5.74) is 1.53. The number of rotatable bonds is 5. The van der Waals surface area contributed by atoms with Crippen molar-refractivity contribution in [2.24, 2.45) is 0 Å². The Labute approximate surface area is 139 Å². The van der Waals surface area contributed by atoms with Crippen molar-refractivity contribution in [3.8, 4) is 0 Å². The van der Waals surface area contributed by atoms with Gasteiger partial charge in [-0.25, -0.2) is 0 Å². The number of hydrogen-bond acceptors (Lipinski definition) is 3. The average Bonchev–Trinajstić information content (AvgIpc) is 2.52. The number of ketones is 1. The number of carbonyl (C=O) groups excluding carboxylic acids is 1. The fraction of sp³-hybridized carbons (Fsp3) is 0.368. The van der Waals surface area contributed by atoms with Gasteiger partial charge in [0.15, 0.2) is 14.1 Å². The molecule has 3 nitrogen and oxygen atoms in total. The number of aromatic nitrogens is 1. The van der Waals surface area contributed by atoms with Crippen LogP contribution in [0.25, 0.3) is 0 Å². The predicted molar refractivity (Wildman–Crippen MR) is 96.0 cm³/mol. The topological polar surface area (TPSA) is 39.2 Å². The molecule has 0 aliphatic heterocycles. The highest BCUT2D eigenvalue weighted by molar-refractivity contribution is 6.74. The minimum atomic E-state index is -2.09. The van der Waals surface area contributed by atoms with E-state index < -0.39 is 14.4 Å². The molecule has 1 aromatic carbocycles. The van der Waals surface area contributed by atoms with E-state index in [1.807, 2.05) is 42.5 Å². The molecule has 2 rings (SSSR count). The summed E-state index contributed by atoms with van der Waals surface area (Å²) < 4.78 is 6.47. The molecule has 1 atom stereocenters. The fourth-order valence-corrected chi connectivity index (χ4v) is 3.22. The first-order valence-corrected chi connectivity index (χ1v) is 10.8. The third kappa shape index (κ3) is 4.15. The molecule has 122 valence electrons. The van der Waals surface area contributed by atoms with Gasteiger partial charge in [-0.05, 0) is 35.8 Å². The maximum absolute atomic E-state index is 13.0. The van der Waals surface area contributed by atoms with Crippen LogP contribution in [0.2, 0.25) is 18.1 Å². The Bertz CT molecular complexity index is 648. The van der Waals surface area contributed by atoms with Gasteiger partial charge in [-0.1, -0.05) is 51.1 Å². The molecule has 0 amide bonds. The molecule has 0 fully saturated rings. The van der Waals surface area contributed by atoms with Crippen LogP contribution < -0.4 is 0 Å². The number of nitrogens with zero attached hydrogens (tertiary/aromatic N) is 1. The van der Waals surface area contributed by atoms with Gasteiger partial charge in [0.25, 0.3) is 0 Å². The average molecular weight is 328 g/mol. The van der Waals surface area contributed by atoms with E-state index in [-0.39, 0.29) is 10.8 Å². The maximum Gasteiger partial charge on any atom is 0.194 e. The second-order valence-corrected chi connectivity index (χ2v) is 12.0. The summed E-state index contributed by atoms with van der Waals surface area (Å²) in [5, 5.41) is 0.0370. The molecule has 1 aromatic heterocycles. The zero-order valence-electron chi connectivity index (χ0n) is 14.5. The summed E-state index contributed by atoms with van der Waals surface area (Å²) in [4.78, 5) is 17.1. The van der Waals surface area contributed by atoms with Crippen LogP contribution in [0, 0.1) is 0 Å². The van der Waals surface area contributed by atoms with Gasteiger partial charge < -0.3 is 4.43 Å². The lowest BCUT2D eigenvalue weighted by atomic mass is 10.0. The molecule has 0 radical (unpaired) electrons. The van der Waals surface area contributed by atoms with Crippen LogP contribution in [0.1, 0.15) is 42.8 Å². The second kappa shape index (κ2) is 6.77. The number of Topliss-reactive ketones (excluding diaryl/α,β-unsaturated/α-hetero) is 1. The molecule has 0 saturated heterocycles. The van der Waals surface area contributed by atoms with Crippen molar-refractivity contribution in [2.45, 2.75) is 45.0 Å². The van der Waals surface area contributed by atoms with Crippen molar-refractivity contribution in [1.82, 2.24) is 4.98 Å². The lowest BCUT2D eigenvalue weighted by Gasteiger charge is -2.39. The van der Waals surface area contributed by atoms with Gasteiger partial charge in [0.2, 0.25) is 0 Å². The van der Waals surface area contributed by atoms with E-state index in [0.29, 0.717) is 5.56 Å². The zero-order valence-corrected chi connectivity index (χ0v) is 15.5. The van der Waals surface area contributed by atoms with E-state index in [9.17, 15) is 4.79 Å². The molecule has 1 heterocycles. The van der Waals surface area contributed by atoms with Gasteiger partial charge in [0.05, 0.1) is 0 Å². The monoisotopic (exact) mass is 327 g/mol. The molecular formula is C19H25NO2Si. The quantitative estimate of drug-likeness (QED) is 0.571. The van der Waals surface area contributed by atoms with Crippen LogP contribution in [0.15, 0.2) is 54.9 Å². The molecule has 23 heavy (non-hydrogen) atoms. The Morgan fingerprint density at radius 1 is 1.04 bits per heavy atom. The van der Waals surface area contributed by atoms with Crippen molar-refractivity contribution >= 4 is 14.1 Å². The highest BCUT2D eigenvalue weighted by Gasteiger charge is 2.41. The van der Waals surface area contributed by atoms with Gasteiger partial charge in [0, 0.05) is 18.0 Å². The summed E-state index contributed by atoms with van der Waals surface area (Å²) >= 11 is 0. The van der Waals surface area contributed by atoms with Gasteiger partial charge in [-0.15, -0.1) is 0 Å². The zero-order chi connectivity index (χ0) is 17.1. The number of benzene rings is 1. The molecular weight excluding hydrogens is 302 g/mol. The van der Waals surface area contributed by atoms with E-state index in [1.165, 1.54) is 0 Å². The fourth-order valence-electron chi connectivity index (χ4n) is 2.04. The molecule has 0 N–H and O–H groups in total. The molecule has 0 spiro atoms. The Kier molecular flexibility index (Phi) is 5.17. The summed E-state index contributed by atoms with van der Waals surface area (Å²) in [6, 6.07) is 13.1. The lowest BCUT2D eigenvalue weighted by Crippen LogP contribution is -2.43. The number of carbonyl (C=O) groups is 1. The largest absolute Gasteiger partial charge is 0.403 e. The number of pyridine rings is 1. The Balaban J connectivity index is 2.40. The first-order valence-electron chi connectivity index (χ1n) is 7.89. The van der Waals surface area contributed by atoms with Crippen LogP contribution in [0.5, 0.6) is 0 Å². The van der Waals surface area contributed by atoms with E-state index in [0.717, 1.165) is 5.56 Å². The van der Waals surface area contributed by atoms with Gasteiger partial charge in [-0.2, -0.15) is 0 Å². The Morgan fingerprint density at radius 2 is 1.61 bits per heavy atom. The SMILES string of the molecule is CC(C)(C)[Si](C)(C)O[C@@H](C(=O)c1ccccc1)c1ccncc1. The summed E-state index contributed by atoms with van der Waals surface area (Å²) in [7, 11) is -2.09. The van der Waals surface area contributed by atoms with Crippen molar-refractivity contribution in [1.29, 1.82) is 0 Å². The van der Waals surface area contributed by atoms with Gasteiger partial charge >= 0.3 is 0 Å². The van der Waals surface area contributed by atoms with Crippen molar-refractivity contribution in [3.05, 3.63) is 66.0 Å². The minimum absolute atomic E-state index is 0.00150. The summed E-state index contributed by atoms with van der Waals surface area (Å²) in [5.74, 6) is 0.00150. The second-order valence-electron chi connectivity index (χ2n) is 7.27. The molecule has 0 unspecified atom stereocenters. The Hall–Kier alpha value is -1.78. The van der Waals surface area contributed by atoms with E-state index >= 15 is 0 Å². The normalized spacial score (nSPS) is 13.6. The molecule has 0 aliphatic rings. The lowest BCUT2D eigenvalue weighted by molar-refractivity contribution is 0.0767. The molecule has 0 bridgehead atoms. The predicted octanol–water partition coefficient (Wildman–Crippen LogP) is 5.03. The standard InChI is InChI=1S/C19H25NO2Si/c1-19(2,3)23(4,5)22-18(16-11-13-20-14-12-16)17(21)15-9-7-6-8-10-15/h6-14,18H,1-5H3/t18-/m1/s1. The highest BCUT2D eigenvalue weighted by atomic mass is 28.4. The smallest absolute Gasteiger partial charge is 0.194 e. The van der Waals surface area contributed by atoms with Crippen LogP contribution in [0.3, 0.4) is 0 Å². The van der Waals surface area contributed by atoms with Crippen molar-refractivity contribution < 1.29 is 9.22 Å². The Morgan fingerprint density at radius 3 is 2.13 bits per heavy atom. The van der Waals surface area contributed by atoms with Gasteiger partial charge in [0.1, 0.15) is 6.10 Å². The van der Waals surface area contributed by atoms with Gasteiger partial charge in [-0.3, -0.25) is 9.78 Å². The third-order valence-electron chi connectivity index (χ3n) is 4.52. The molecule has 0 aliphatic carbocycles. The van der Waals surface area contributed by atoms with Crippen molar-refractivity contribution in [3.63, 3.8) is 0 Å². The maximum atomic E-state index is 13.0. The van der Waals surface area contributed by atoms with E-state index in [2.05, 4.69) is 38.8 Å². The van der Waals surface area contributed by atoms with E-state index in [1.54, 1.807) is 12.4 Å². The number of hydrogen-bond donors (Lipinski definition) is 0. The summed E-state index contributed by atoms with van der Waals surface area (Å²) in [6.07, 6.45) is 2.83.